The van der Waals surface area contributed by atoms with E-state index in [2.05, 4.69) is 10.9 Å². The van der Waals surface area contributed by atoms with Crippen molar-refractivity contribution in [2.24, 2.45) is 4.99 Å². The molecule has 7 nitrogen and oxygen atoms in total. The first-order chi connectivity index (χ1) is 15.8. The number of terminal acetylenes is 1. The quantitative estimate of drug-likeness (QED) is 0.343. The number of esters is 1. The van der Waals surface area contributed by atoms with E-state index < -0.39 is 21.7 Å². The van der Waals surface area contributed by atoms with Crippen molar-refractivity contribution < 1.29 is 22.7 Å². The molecule has 2 aromatic carbocycles. The number of aromatic nitrogens is 1. The van der Waals surface area contributed by atoms with Crippen LogP contribution in [0.1, 0.15) is 35.7 Å². The molecule has 0 fully saturated rings. The molecule has 3 aromatic rings. The third kappa shape index (κ3) is 6.63. The number of thiazole rings is 1. The van der Waals surface area contributed by atoms with Gasteiger partial charge in [-0.1, -0.05) is 47.6 Å². The molecule has 1 amide bonds. The topological polar surface area (TPSA) is 94.8 Å². The van der Waals surface area contributed by atoms with Gasteiger partial charge in [0.2, 0.25) is 5.91 Å². The molecule has 0 unspecified atom stereocenters. The normalized spacial score (nSPS) is 11.9. The zero-order valence-corrected chi connectivity index (χ0v) is 19.8. The van der Waals surface area contributed by atoms with Gasteiger partial charge in [-0.05, 0) is 37.1 Å². The van der Waals surface area contributed by atoms with E-state index in [0.29, 0.717) is 10.4 Å². The smallest absolute Gasteiger partial charge is 0.338 e. The van der Waals surface area contributed by atoms with Gasteiger partial charge < -0.3 is 9.30 Å². The molecule has 0 saturated heterocycles. The van der Waals surface area contributed by atoms with Crippen molar-refractivity contribution in [3.8, 4) is 12.3 Å². The van der Waals surface area contributed by atoms with Crippen LogP contribution in [-0.4, -0.2) is 37.2 Å². The second kappa shape index (κ2) is 11.1. The monoisotopic (exact) mass is 484 g/mol. The summed E-state index contributed by atoms with van der Waals surface area (Å²) in [6.45, 7) is 2.21. The number of rotatable bonds is 9. The van der Waals surface area contributed by atoms with Crippen molar-refractivity contribution in [2.75, 3.05) is 12.4 Å². The molecule has 1 aromatic heterocycles. The van der Waals surface area contributed by atoms with Crippen molar-refractivity contribution in [3.05, 3.63) is 64.5 Å². The van der Waals surface area contributed by atoms with Crippen LogP contribution in [0.4, 0.5) is 0 Å². The van der Waals surface area contributed by atoms with E-state index in [1.165, 1.54) is 11.3 Å². The molecule has 33 heavy (non-hydrogen) atoms. The molecule has 0 spiro atoms. The first-order valence-electron chi connectivity index (χ1n) is 10.4. The van der Waals surface area contributed by atoms with Gasteiger partial charge in [0.1, 0.15) is 0 Å². The van der Waals surface area contributed by atoms with Crippen molar-refractivity contribution in [2.45, 2.75) is 32.1 Å². The van der Waals surface area contributed by atoms with Crippen LogP contribution in [0, 0.1) is 12.3 Å². The Hall–Kier alpha value is -3.22. The van der Waals surface area contributed by atoms with Crippen molar-refractivity contribution in [1.29, 1.82) is 0 Å². The highest BCUT2D eigenvalue weighted by Gasteiger charge is 2.14. The standard InChI is InChI=1S/C24H24N2O5S2/c1-3-14-26-20-13-12-19(23(28)31-4-2)16-21(20)32-24(26)25-22(27)11-8-15-33(29,30)17-18-9-6-5-7-10-18/h1,5-7,9-10,12-13,16H,4,8,11,14-15,17H2,2H3. The van der Waals surface area contributed by atoms with E-state index in [1.54, 1.807) is 54.0 Å². The SMILES string of the molecule is C#CCn1c(=NC(=O)CCCS(=O)(=O)Cc2ccccc2)sc2cc(C(=O)OCC)ccc21. The molecule has 172 valence electrons. The first kappa shape index (κ1) is 24.4. The van der Waals surface area contributed by atoms with Crippen LogP contribution in [0.5, 0.6) is 0 Å². The summed E-state index contributed by atoms with van der Waals surface area (Å²) < 4.78 is 32.2. The number of carbonyl (C=O) groups is 2. The van der Waals surface area contributed by atoms with Gasteiger partial charge in [-0.3, -0.25) is 4.79 Å². The zero-order valence-electron chi connectivity index (χ0n) is 18.2. The fourth-order valence-corrected chi connectivity index (χ4v) is 5.77. The van der Waals surface area contributed by atoms with E-state index in [1.807, 2.05) is 6.07 Å². The maximum atomic E-state index is 12.5. The molecule has 0 radical (unpaired) electrons. The Morgan fingerprint density at radius 1 is 1.18 bits per heavy atom. The summed E-state index contributed by atoms with van der Waals surface area (Å²) in [7, 11) is -3.32. The Bertz CT molecular complexity index is 1360. The summed E-state index contributed by atoms with van der Waals surface area (Å²) >= 11 is 1.24. The minimum atomic E-state index is -3.32. The lowest BCUT2D eigenvalue weighted by molar-refractivity contribution is -0.118. The summed E-state index contributed by atoms with van der Waals surface area (Å²) in [6, 6.07) is 14.0. The maximum absolute atomic E-state index is 12.5. The van der Waals surface area contributed by atoms with Crippen LogP contribution in [0.2, 0.25) is 0 Å². The molecule has 1 heterocycles. The zero-order chi connectivity index (χ0) is 23.8. The van der Waals surface area contributed by atoms with Crippen LogP contribution >= 0.6 is 11.3 Å². The predicted molar refractivity (Wildman–Crippen MR) is 128 cm³/mol. The van der Waals surface area contributed by atoms with Crippen LogP contribution in [0.25, 0.3) is 10.2 Å². The van der Waals surface area contributed by atoms with Gasteiger partial charge in [0.05, 0.1) is 40.4 Å². The number of ether oxygens (including phenoxy) is 1. The highest BCUT2D eigenvalue weighted by molar-refractivity contribution is 7.90. The van der Waals surface area contributed by atoms with E-state index >= 15 is 0 Å². The minimum absolute atomic E-state index is 0.00634. The fourth-order valence-electron chi connectivity index (χ4n) is 3.25. The molecule has 0 atom stereocenters. The second-order valence-corrected chi connectivity index (χ2v) is 10.5. The summed E-state index contributed by atoms with van der Waals surface area (Å²) in [5, 5.41) is 0. The average molecular weight is 485 g/mol. The first-order valence-corrected chi connectivity index (χ1v) is 13.0. The van der Waals surface area contributed by atoms with Gasteiger partial charge in [0.25, 0.3) is 0 Å². The van der Waals surface area contributed by atoms with E-state index in [0.717, 1.165) is 15.8 Å². The highest BCUT2D eigenvalue weighted by atomic mass is 32.2. The Balaban J connectivity index is 1.74. The predicted octanol–water partition coefficient (Wildman–Crippen LogP) is 3.34. The molecular formula is C24H24N2O5S2. The molecule has 0 saturated carbocycles. The Kier molecular flexibility index (Phi) is 8.20. The third-order valence-electron chi connectivity index (χ3n) is 4.74. The number of fused-ring (bicyclic) bond motifs is 1. The van der Waals surface area contributed by atoms with E-state index in [9.17, 15) is 18.0 Å². The molecule has 9 heteroatoms. The van der Waals surface area contributed by atoms with Crippen molar-refractivity contribution in [1.82, 2.24) is 4.57 Å². The van der Waals surface area contributed by atoms with Crippen molar-refractivity contribution in [3.63, 3.8) is 0 Å². The number of nitrogens with zero attached hydrogens (tertiary/aromatic N) is 2. The Labute approximate surface area is 196 Å². The molecule has 0 aliphatic carbocycles. The fraction of sp³-hybridized carbons (Fsp3) is 0.292. The number of sulfone groups is 1. The van der Waals surface area contributed by atoms with Crippen LogP contribution < -0.4 is 4.80 Å². The maximum Gasteiger partial charge on any atom is 0.338 e. The number of amides is 1. The summed E-state index contributed by atoms with van der Waals surface area (Å²) in [5.74, 6) is 1.55. The Morgan fingerprint density at radius 3 is 2.64 bits per heavy atom. The number of hydrogen-bond acceptors (Lipinski definition) is 6. The van der Waals surface area contributed by atoms with Gasteiger partial charge in [-0.15, -0.1) is 6.42 Å². The highest BCUT2D eigenvalue weighted by Crippen LogP contribution is 2.20. The van der Waals surface area contributed by atoms with E-state index in [-0.39, 0.29) is 37.5 Å². The van der Waals surface area contributed by atoms with E-state index in [4.69, 9.17) is 11.2 Å². The van der Waals surface area contributed by atoms with Crippen LogP contribution in [0.3, 0.4) is 0 Å². The average Bonchev–Trinajstić information content (AvgIpc) is 3.10. The summed E-state index contributed by atoms with van der Waals surface area (Å²) in [5.41, 5.74) is 1.87. The molecule has 3 rings (SSSR count). The minimum Gasteiger partial charge on any atom is -0.462 e. The lowest BCUT2D eigenvalue weighted by atomic mass is 10.2. The lowest BCUT2D eigenvalue weighted by Crippen LogP contribution is -2.17. The molecule has 0 aliphatic heterocycles. The lowest BCUT2D eigenvalue weighted by Gasteiger charge is -2.04. The molecule has 0 N–H and O–H groups in total. The van der Waals surface area contributed by atoms with Gasteiger partial charge in [0.15, 0.2) is 14.6 Å². The van der Waals surface area contributed by atoms with Gasteiger partial charge >= 0.3 is 5.97 Å². The Morgan fingerprint density at radius 2 is 1.94 bits per heavy atom. The summed E-state index contributed by atoms with van der Waals surface area (Å²) in [6.07, 6.45) is 5.68. The van der Waals surface area contributed by atoms with Crippen molar-refractivity contribution >= 4 is 43.3 Å². The summed E-state index contributed by atoms with van der Waals surface area (Å²) in [4.78, 5) is 29.0. The van der Waals surface area contributed by atoms with Crippen LogP contribution in [-0.2, 0) is 31.7 Å². The second-order valence-electron chi connectivity index (χ2n) is 7.26. The van der Waals surface area contributed by atoms with Crippen LogP contribution in [0.15, 0.2) is 53.5 Å². The molecule has 0 bridgehead atoms. The number of benzene rings is 2. The van der Waals surface area contributed by atoms with Gasteiger partial charge in [-0.25, -0.2) is 13.2 Å². The molecular weight excluding hydrogens is 460 g/mol. The number of hydrogen-bond donors (Lipinski definition) is 0. The third-order valence-corrected chi connectivity index (χ3v) is 7.46. The van der Waals surface area contributed by atoms with Gasteiger partial charge in [-0.2, -0.15) is 4.99 Å². The molecule has 0 aliphatic rings. The largest absolute Gasteiger partial charge is 0.462 e. The number of carbonyl (C=O) groups excluding carboxylic acids is 2. The van der Waals surface area contributed by atoms with Gasteiger partial charge in [0, 0.05) is 6.42 Å².